The average Bonchev–Trinajstić information content (AvgIpc) is 3.15. The molecular formula is C12H24N2OS. The van der Waals surface area contributed by atoms with Crippen molar-refractivity contribution in [3.63, 3.8) is 0 Å². The van der Waals surface area contributed by atoms with Gasteiger partial charge in [0.15, 0.2) is 0 Å². The van der Waals surface area contributed by atoms with Gasteiger partial charge < -0.3 is 10.5 Å². The smallest absolute Gasteiger partial charge is 0.0590 e. The van der Waals surface area contributed by atoms with Gasteiger partial charge in [-0.25, -0.2) is 0 Å². The van der Waals surface area contributed by atoms with Gasteiger partial charge in [-0.3, -0.25) is 4.90 Å². The van der Waals surface area contributed by atoms with Crippen LogP contribution in [0.1, 0.15) is 25.7 Å². The first kappa shape index (κ1) is 12.7. The van der Waals surface area contributed by atoms with Crippen LogP contribution in [0.25, 0.3) is 0 Å². The van der Waals surface area contributed by atoms with Gasteiger partial charge in [-0.2, -0.15) is 11.8 Å². The molecule has 0 spiro atoms. The zero-order valence-electron chi connectivity index (χ0n) is 10.3. The molecule has 1 unspecified atom stereocenters. The predicted molar refractivity (Wildman–Crippen MR) is 69.9 cm³/mol. The van der Waals surface area contributed by atoms with Crippen molar-refractivity contribution in [1.29, 1.82) is 0 Å². The largest absolute Gasteiger partial charge is 0.383 e. The summed E-state index contributed by atoms with van der Waals surface area (Å²) >= 11 is 2.07. The zero-order chi connectivity index (χ0) is 11.4. The second-order valence-electron chi connectivity index (χ2n) is 5.00. The van der Waals surface area contributed by atoms with E-state index in [2.05, 4.69) is 16.7 Å². The van der Waals surface area contributed by atoms with E-state index >= 15 is 0 Å². The molecule has 0 aromatic heterocycles. The average molecular weight is 244 g/mol. The van der Waals surface area contributed by atoms with E-state index in [1.165, 1.54) is 37.2 Å². The number of nitrogens with zero attached hydrogens (tertiary/aromatic N) is 1. The molecule has 1 aliphatic heterocycles. The number of rotatable bonds is 6. The van der Waals surface area contributed by atoms with Crippen LogP contribution < -0.4 is 5.73 Å². The van der Waals surface area contributed by atoms with E-state index < -0.39 is 0 Å². The summed E-state index contributed by atoms with van der Waals surface area (Å²) in [6, 6.07) is 0.789. The number of hydrogen-bond donors (Lipinski definition) is 1. The number of thioether (sulfide) groups is 1. The topological polar surface area (TPSA) is 38.5 Å². The van der Waals surface area contributed by atoms with Gasteiger partial charge in [0.2, 0.25) is 0 Å². The van der Waals surface area contributed by atoms with Crippen molar-refractivity contribution in [3.8, 4) is 0 Å². The maximum absolute atomic E-state index is 6.08. The van der Waals surface area contributed by atoms with Crippen LogP contribution in [0.15, 0.2) is 0 Å². The molecule has 0 amide bonds. The Morgan fingerprint density at radius 3 is 2.81 bits per heavy atom. The van der Waals surface area contributed by atoms with Crippen molar-refractivity contribution in [1.82, 2.24) is 4.90 Å². The summed E-state index contributed by atoms with van der Waals surface area (Å²) < 4.78 is 5.24. The Morgan fingerprint density at radius 2 is 2.31 bits per heavy atom. The van der Waals surface area contributed by atoms with Crippen molar-refractivity contribution < 1.29 is 4.74 Å². The lowest BCUT2D eigenvalue weighted by Crippen LogP contribution is -2.58. The number of nitrogens with two attached hydrogens (primary N) is 1. The van der Waals surface area contributed by atoms with E-state index in [0.29, 0.717) is 0 Å². The molecule has 2 N–H and O–H groups in total. The Balaban J connectivity index is 2.01. The number of methoxy groups -OCH3 is 1. The fourth-order valence-corrected chi connectivity index (χ4v) is 4.03. The third kappa shape index (κ3) is 2.73. The van der Waals surface area contributed by atoms with E-state index in [1.807, 2.05) is 0 Å². The van der Waals surface area contributed by atoms with Crippen molar-refractivity contribution in [2.45, 2.75) is 37.3 Å². The highest BCUT2D eigenvalue weighted by Crippen LogP contribution is 2.38. The Hall–Kier alpha value is 0.230. The van der Waals surface area contributed by atoms with Gasteiger partial charge in [-0.1, -0.05) is 0 Å². The van der Waals surface area contributed by atoms with Gasteiger partial charge in [0.05, 0.1) is 6.61 Å². The van der Waals surface area contributed by atoms with Crippen molar-refractivity contribution in [3.05, 3.63) is 0 Å². The van der Waals surface area contributed by atoms with Gasteiger partial charge in [-0.15, -0.1) is 0 Å². The Labute approximate surface area is 103 Å². The molecule has 3 nitrogen and oxygen atoms in total. The SMILES string of the molecule is COCCN(C1CC1)C1(CN)CCCSC1. The van der Waals surface area contributed by atoms with Crippen LogP contribution >= 0.6 is 11.8 Å². The minimum absolute atomic E-state index is 0.266. The molecule has 1 heterocycles. The van der Waals surface area contributed by atoms with E-state index in [1.54, 1.807) is 7.11 Å². The van der Waals surface area contributed by atoms with Crippen LogP contribution in [0, 0.1) is 0 Å². The van der Waals surface area contributed by atoms with E-state index in [9.17, 15) is 0 Å². The third-order valence-electron chi connectivity index (χ3n) is 3.81. The van der Waals surface area contributed by atoms with Gasteiger partial charge >= 0.3 is 0 Å². The van der Waals surface area contributed by atoms with Crippen molar-refractivity contribution >= 4 is 11.8 Å². The molecule has 0 radical (unpaired) electrons. The molecule has 1 saturated carbocycles. The lowest BCUT2D eigenvalue weighted by Gasteiger charge is -2.46. The highest BCUT2D eigenvalue weighted by Gasteiger charge is 2.43. The second kappa shape index (κ2) is 5.71. The van der Waals surface area contributed by atoms with Gasteiger partial charge in [0, 0.05) is 37.5 Å². The minimum atomic E-state index is 0.266. The molecule has 1 atom stereocenters. The Morgan fingerprint density at radius 1 is 1.50 bits per heavy atom. The van der Waals surface area contributed by atoms with Crippen molar-refractivity contribution in [2.75, 3.05) is 38.3 Å². The maximum atomic E-state index is 6.08. The Bertz CT molecular complexity index is 215. The third-order valence-corrected chi connectivity index (χ3v) is 5.13. The molecule has 94 valence electrons. The quantitative estimate of drug-likeness (QED) is 0.765. The first-order chi connectivity index (χ1) is 7.82. The van der Waals surface area contributed by atoms with Crippen LogP contribution in [0.4, 0.5) is 0 Å². The fourth-order valence-electron chi connectivity index (χ4n) is 2.73. The lowest BCUT2D eigenvalue weighted by atomic mass is 9.92. The fraction of sp³-hybridized carbons (Fsp3) is 1.00. The molecule has 16 heavy (non-hydrogen) atoms. The normalized spacial score (nSPS) is 30.9. The molecule has 4 heteroatoms. The van der Waals surface area contributed by atoms with Crippen LogP contribution in [-0.4, -0.2) is 54.8 Å². The van der Waals surface area contributed by atoms with E-state index in [4.69, 9.17) is 10.5 Å². The zero-order valence-corrected chi connectivity index (χ0v) is 11.1. The van der Waals surface area contributed by atoms with Crippen LogP contribution in [0.5, 0.6) is 0 Å². The van der Waals surface area contributed by atoms with Crippen molar-refractivity contribution in [2.24, 2.45) is 5.73 Å². The van der Waals surface area contributed by atoms with Crippen LogP contribution in [0.2, 0.25) is 0 Å². The summed E-state index contributed by atoms with van der Waals surface area (Å²) in [5.74, 6) is 2.52. The minimum Gasteiger partial charge on any atom is -0.383 e. The molecule has 0 aromatic rings. The number of ether oxygens (including phenoxy) is 1. The molecule has 2 rings (SSSR count). The predicted octanol–water partition coefficient (Wildman–Crippen LogP) is 1.32. The molecule has 2 aliphatic rings. The van der Waals surface area contributed by atoms with E-state index in [0.717, 1.165) is 25.7 Å². The molecule has 0 bridgehead atoms. The van der Waals surface area contributed by atoms with Crippen LogP contribution in [0.3, 0.4) is 0 Å². The highest BCUT2D eigenvalue weighted by molar-refractivity contribution is 7.99. The lowest BCUT2D eigenvalue weighted by molar-refractivity contribution is 0.0589. The summed E-state index contributed by atoms with van der Waals surface area (Å²) in [7, 11) is 1.79. The molecule has 1 aliphatic carbocycles. The molecule has 0 aromatic carbocycles. The first-order valence-electron chi connectivity index (χ1n) is 6.36. The van der Waals surface area contributed by atoms with Gasteiger partial charge in [0.25, 0.3) is 0 Å². The van der Waals surface area contributed by atoms with Crippen LogP contribution in [-0.2, 0) is 4.74 Å². The van der Waals surface area contributed by atoms with Gasteiger partial charge in [0.1, 0.15) is 0 Å². The molecular weight excluding hydrogens is 220 g/mol. The molecule has 2 fully saturated rings. The maximum Gasteiger partial charge on any atom is 0.0590 e. The summed E-state index contributed by atoms with van der Waals surface area (Å²) in [5, 5.41) is 0. The Kier molecular flexibility index (Phi) is 4.53. The number of hydrogen-bond acceptors (Lipinski definition) is 4. The standard InChI is InChI=1S/C12H24N2OS/c1-15-7-6-14(11-3-4-11)12(9-13)5-2-8-16-10-12/h11H,2-10,13H2,1H3. The van der Waals surface area contributed by atoms with Gasteiger partial charge in [-0.05, 0) is 31.4 Å². The molecule has 1 saturated heterocycles. The van der Waals surface area contributed by atoms with E-state index in [-0.39, 0.29) is 5.54 Å². The first-order valence-corrected chi connectivity index (χ1v) is 7.51. The summed E-state index contributed by atoms with van der Waals surface area (Å²) in [4.78, 5) is 2.66. The monoisotopic (exact) mass is 244 g/mol. The second-order valence-corrected chi connectivity index (χ2v) is 6.11. The highest BCUT2D eigenvalue weighted by atomic mass is 32.2. The summed E-state index contributed by atoms with van der Waals surface area (Å²) in [5.41, 5.74) is 6.35. The summed E-state index contributed by atoms with van der Waals surface area (Å²) in [6.07, 6.45) is 5.31. The summed E-state index contributed by atoms with van der Waals surface area (Å²) in [6.45, 7) is 2.70.